The van der Waals surface area contributed by atoms with Gasteiger partial charge >= 0.3 is 0 Å². The van der Waals surface area contributed by atoms with Gasteiger partial charge in [0.05, 0.1) is 0 Å². The molecule has 2 unspecified atom stereocenters. The highest BCUT2D eigenvalue weighted by atomic mass is 16.2. The van der Waals surface area contributed by atoms with Crippen LogP contribution in [0.1, 0.15) is 13.8 Å². The first-order chi connectivity index (χ1) is 7.50. The van der Waals surface area contributed by atoms with Crippen molar-refractivity contribution in [3.05, 3.63) is 12.3 Å². The molecule has 0 spiro atoms. The van der Waals surface area contributed by atoms with E-state index >= 15 is 0 Å². The van der Waals surface area contributed by atoms with Gasteiger partial charge in [0.25, 0.3) is 5.91 Å². The largest absolute Gasteiger partial charge is 0.343 e. The minimum absolute atomic E-state index is 0.134. The van der Waals surface area contributed by atoms with Crippen molar-refractivity contribution in [2.24, 2.45) is 7.05 Å². The van der Waals surface area contributed by atoms with Crippen LogP contribution in [0.4, 0.5) is 5.82 Å². The molecule has 2 atom stereocenters. The summed E-state index contributed by atoms with van der Waals surface area (Å²) in [6.07, 6.45) is 1.74. The summed E-state index contributed by atoms with van der Waals surface area (Å²) in [5.41, 5.74) is 0. The smallest absolute Gasteiger partial charge is 0.251 e. The quantitative estimate of drug-likeness (QED) is 0.707. The number of piperazine rings is 1. The average molecular weight is 222 g/mol. The molecular formula is C10H14N4O2. The van der Waals surface area contributed by atoms with Gasteiger partial charge in [0.1, 0.15) is 12.1 Å². The third-order valence-electron chi connectivity index (χ3n) is 2.68. The lowest BCUT2D eigenvalue weighted by atomic mass is 10.1. The van der Waals surface area contributed by atoms with E-state index in [2.05, 4.69) is 10.4 Å². The first-order valence-corrected chi connectivity index (χ1v) is 5.14. The molecule has 1 N–H and O–H groups in total. The lowest BCUT2D eigenvalue weighted by Gasteiger charge is -2.34. The van der Waals surface area contributed by atoms with E-state index in [1.165, 1.54) is 4.90 Å². The van der Waals surface area contributed by atoms with Gasteiger partial charge in [0.2, 0.25) is 5.91 Å². The van der Waals surface area contributed by atoms with Gasteiger partial charge in [-0.15, -0.1) is 0 Å². The number of anilines is 1. The topological polar surface area (TPSA) is 67.2 Å². The normalized spacial score (nSPS) is 25.8. The van der Waals surface area contributed by atoms with Crippen LogP contribution in [0.5, 0.6) is 0 Å². The molecule has 1 aromatic heterocycles. The third-order valence-corrected chi connectivity index (χ3v) is 2.68. The Morgan fingerprint density at radius 1 is 1.38 bits per heavy atom. The predicted molar refractivity (Wildman–Crippen MR) is 57.8 cm³/mol. The molecule has 86 valence electrons. The van der Waals surface area contributed by atoms with E-state index in [0.717, 1.165) is 0 Å². The summed E-state index contributed by atoms with van der Waals surface area (Å²) in [4.78, 5) is 25.0. The Morgan fingerprint density at radius 2 is 2.06 bits per heavy atom. The summed E-state index contributed by atoms with van der Waals surface area (Å²) in [6.45, 7) is 3.36. The minimum Gasteiger partial charge on any atom is -0.343 e. The fourth-order valence-electron chi connectivity index (χ4n) is 1.76. The van der Waals surface area contributed by atoms with E-state index in [-0.39, 0.29) is 11.8 Å². The van der Waals surface area contributed by atoms with Gasteiger partial charge in [-0.2, -0.15) is 5.10 Å². The molecule has 2 heterocycles. The molecule has 6 heteroatoms. The maximum atomic E-state index is 12.0. The number of aryl methyl sites for hydroxylation is 1. The van der Waals surface area contributed by atoms with Crippen molar-refractivity contribution < 1.29 is 9.59 Å². The molecule has 6 nitrogen and oxygen atoms in total. The number of hydrogen-bond acceptors (Lipinski definition) is 3. The predicted octanol–water partition coefficient (Wildman–Crippen LogP) is -0.340. The second-order valence-corrected chi connectivity index (χ2v) is 3.96. The summed E-state index contributed by atoms with van der Waals surface area (Å²) >= 11 is 0. The molecule has 1 saturated heterocycles. The van der Waals surface area contributed by atoms with E-state index in [0.29, 0.717) is 5.82 Å². The van der Waals surface area contributed by atoms with Crippen LogP contribution in [0, 0.1) is 0 Å². The molecular weight excluding hydrogens is 208 g/mol. The summed E-state index contributed by atoms with van der Waals surface area (Å²) in [5.74, 6) is 0.227. The van der Waals surface area contributed by atoms with Crippen LogP contribution in [0.15, 0.2) is 12.3 Å². The number of nitrogens with zero attached hydrogens (tertiary/aromatic N) is 3. The molecule has 1 aliphatic heterocycles. The number of carbonyl (C=O) groups is 2. The van der Waals surface area contributed by atoms with Crippen molar-refractivity contribution in [2.45, 2.75) is 25.9 Å². The molecule has 1 aromatic rings. The Hall–Kier alpha value is -1.85. The number of nitrogens with one attached hydrogen (secondary N) is 1. The molecule has 2 amide bonds. The van der Waals surface area contributed by atoms with Crippen molar-refractivity contribution in [3.8, 4) is 0 Å². The first-order valence-electron chi connectivity index (χ1n) is 5.14. The molecule has 2 rings (SSSR count). The highest BCUT2D eigenvalue weighted by Gasteiger charge is 2.37. The van der Waals surface area contributed by atoms with Gasteiger partial charge in [-0.25, -0.2) is 0 Å². The maximum Gasteiger partial charge on any atom is 0.251 e. The Morgan fingerprint density at radius 3 is 2.62 bits per heavy atom. The Kier molecular flexibility index (Phi) is 2.41. The van der Waals surface area contributed by atoms with Crippen molar-refractivity contribution in [1.29, 1.82) is 0 Å². The summed E-state index contributed by atoms with van der Waals surface area (Å²) in [7, 11) is 1.77. The van der Waals surface area contributed by atoms with Crippen LogP contribution >= 0.6 is 0 Å². The molecule has 0 bridgehead atoms. The number of amides is 2. The Bertz CT molecular complexity index is 440. The van der Waals surface area contributed by atoms with Crippen LogP contribution in [-0.2, 0) is 16.6 Å². The lowest BCUT2D eigenvalue weighted by molar-refractivity contribution is -0.133. The Balaban J connectivity index is 2.36. The van der Waals surface area contributed by atoms with Gasteiger partial charge in [-0.3, -0.25) is 19.2 Å². The first kappa shape index (κ1) is 10.7. The van der Waals surface area contributed by atoms with E-state index in [1.54, 1.807) is 37.8 Å². The fourth-order valence-corrected chi connectivity index (χ4v) is 1.76. The number of aromatic nitrogens is 2. The summed E-state index contributed by atoms with van der Waals surface area (Å²) in [5, 5.41) is 6.77. The monoisotopic (exact) mass is 222 g/mol. The summed E-state index contributed by atoms with van der Waals surface area (Å²) in [6, 6.07) is 0.712. The SMILES string of the molecule is CC1NC(=O)C(C)N(c2ccn(C)n2)C1=O. The standard InChI is InChI=1S/C10H14N4O2/c1-6-10(16)14(7(2)9(15)11-6)8-4-5-13(3)12-8/h4-7H,1-3H3,(H,11,15). The maximum absolute atomic E-state index is 12.0. The highest BCUT2D eigenvalue weighted by molar-refractivity contribution is 6.07. The Labute approximate surface area is 93.2 Å². The van der Waals surface area contributed by atoms with Gasteiger partial charge in [-0.05, 0) is 13.8 Å². The molecule has 1 fully saturated rings. The zero-order valence-corrected chi connectivity index (χ0v) is 9.47. The number of hydrogen-bond donors (Lipinski definition) is 1. The van der Waals surface area contributed by atoms with E-state index in [4.69, 9.17) is 0 Å². The van der Waals surface area contributed by atoms with Gasteiger partial charge < -0.3 is 5.32 Å². The fraction of sp³-hybridized carbons (Fsp3) is 0.500. The third kappa shape index (κ3) is 1.56. The zero-order chi connectivity index (χ0) is 11.9. The van der Waals surface area contributed by atoms with Crippen LogP contribution in [-0.4, -0.2) is 33.7 Å². The molecule has 0 radical (unpaired) electrons. The van der Waals surface area contributed by atoms with Crippen LogP contribution in [0.2, 0.25) is 0 Å². The van der Waals surface area contributed by atoms with Crippen molar-refractivity contribution in [3.63, 3.8) is 0 Å². The molecule has 0 aromatic carbocycles. The number of carbonyl (C=O) groups excluding carboxylic acids is 2. The van der Waals surface area contributed by atoms with E-state index < -0.39 is 12.1 Å². The zero-order valence-electron chi connectivity index (χ0n) is 9.47. The van der Waals surface area contributed by atoms with Gasteiger partial charge in [0.15, 0.2) is 5.82 Å². The van der Waals surface area contributed by atoms with E-state index in [9.17, 15) is 9.59 Å². The molecule has 0 saturated carbocycles. The molecule has 0 aliphatic carbocycles. The highest BCUT2D eigenvalue weighted by Crippen LogP contribution is 2.18. The minimum atomic E-state index is -0.515. The second kappa shape index (κ2) is 3.62. The van der Waals surface area contributed by atoms with Crippen molar-refractivity contribution in [1.82, 2.24) is 15.1 Å². The molecule has 1 aliphatic rings. The van der Waals surface area contributed by atoms with Crippen LogP contribution < -0.4 is 10.2 Å². The molecule has 16 heavy (non-hydrogen) atoms. The van der Waals surface area contributed by atoms with Crippen molar-refractivity contribution >= 4 is 17.6 Å². The van der Waals surface area contributed by atoms with Crippen molar-refractivity contribution in [2.75, 3.05) is 4.90 Å². The van der Waals surface area contributed by atoms with Gasteiger partial charge in [0, 0.05) is 19.3 Å². The number of rotatable bonds is 1. The average Bonchev–Trinajstić information content (AvgIpc) is 2.62. The lowest BCUT2D eigenvalue weighted by Crippen LogP contribution is -2.61. The van der Waals surface area contributed by atoms with Gasteiger partial charge in [-0.1, -0.05) is 0 Å². The van der Waals surface area contributed by atoms with E-state index in [1.807, 2.05) is 0 Å². The van der Waals surface area contributed by atoms with Crippen LogP contribution in [0.25, 0.3) is 0 Å². The second-order valence-electron chi connectivity index (χ2n) is 3.96. The van der Waals surface area contributed by atoms with Crippen LogP contribution in [0.3, 0.4) is 0 Å². The summed E-state index contributed by atoms with van der Waals surface area (Å²) < 4.78 is 1.60.